The van der Waals surface area contributed by atoms with E-state index < -0.39 is 35.6 Å². The SMILES string of the molecule is CCCC(O)CCN(ON(CCC(O)CCC)C(=O)OC(C)(C)C)C(=O)OC(C)(C)C. The maximum atomic E-state index is 12.7. The van der Waals surface area contributed by atoms with Gasteiger partial charge in [-0.15, -0.1) is 4.94 Å². The van der Waals surface area contributed by atoms with E-state index in [1.165, 1.54) is 0 Å². The first kappa shape index (κ1) is 29.4. The molecule has 9 nitrogen and oxygen atoms in total. The third kappa shape index (κ3) is 15.0. The van der Waals surface area contributed by atoms with Crippen LogP contribution in [-0.2, 0) is 14.4 Å². The van der Waals surface area contributed by atoms with Crippen LogP contribution in [0, 0.1) is 0 Å². The Morgan fingerprint density at radius 3 is 1.29 bits per heavy atom. The van der Waals surface area contributed by atoms with Gasteiger partial charge in [-0.2, -0.15) is 10.1 Å². The molecule has 2 unspecified atom stereocenters. The smallest absolute Gasteiger partial charge is 0.436 e. The molecule has 0 saturated carbocycles. The second-order valence-electron chi connectivity index (χ2n) is 9.71. The molecule has 0 rings (SSSR count). The van der Waals surface area contributed by atoms with Crippen LogP contribution in [0.4, 0.5) is 9.59 Å². The number of carbonyl (C=O) groups is 2. The van der Waals surface area contributed by atoms with Gasteiger partial charge in [0.1, 0.15) is 11.2 Å². The lowest BCUT2D eigenvalue weighted by molar-refractivity contribution is -0.291. The molecule has 2 N–H and O–H groups in total. The van der Waals surface area contributed by atoms with E-state index in [0.29, 0.717) is 12.8 Å². The Labute approximate surface area is 187 Å². The Hall–Kier alpha value is -1.58. The van der Waals surface area contributed by atoms with Crippen molar-refractivity contribution in [3.05, 3.63) is 0 Å². The van der Waals surface area contributed by atoms with Gasteiger partial charge in [-0.05, 0) is 67.2 Å². The molecule has 0 fully saturated rings. The van der Waals surface area contributed by atoms with Crippen LogP contribution >= 0.6 is 0 Å². The van der Waals surface area contributed by atoms with E-state index in [1.807, 2.05) is 13.8 Å². The van der Waals surface area contributed by atoms with Crippen LogP contribution in [0.25, 0.3) is 0 Å². The van der Waals surface area contributed by atoms with Crippen LogP contribution in [-0.4, -0.2) is 69.0 Å². The van der Waals surface area contributed by atoms with Gasteiger partial charge in [-0.25, -0.2) is 9.59 Å². The molecule has 0 aromatic carbocycles. The minimum Gasteiger partial charge on any atom is -0.442 e. The van der Waals surface area contributed by atoms with Gasteiger partial charge in [0.25, 0.3) is 0 Å². The van der Waals surface area contributed by atoms with Crippen molar-refractivity contribution in [3.63, 3.8) is 0 Å². The highest BCUT2D eigenvalue weighted by molar-refractivity contribution is 5.68. The summed E-state index contributed by atoms with van der Waals surface area (Å²) in [7, 11) is 0. The van der Waals surface area contributed by atoms with Gasteiger partial charge in [0.15, 0.2) is 0 Å². The van der Waals surface area contributed by atoms with Gasteiger partial charge >= 0.3 is 12.2 Å². The van der Waals surface area contributed by atoms with E-state index in [9.17, 15) is 19.8 Å². The molecule has 0 saturated heterocycles. The zero-order chi connectivity index (χ0) is 24.2. The Bertz CT molecular complexity index is 483. The van der Waals surface area contributed by atoms with Gasteiger partial charge in [0, 0.05) is 0 Å². The lowest BCUT2D eigenvalue weighted by Crippen LogP contribution is -2.47. The summed E-state index contributed by atoms with van der Waals surface area (Å²) in [5.41, 5.74) is -1.54. The lowest BCUT2D eigenvalue weighted by atomic mass is 10.1. The number of aliphatic hydroxyl groups is 2. The summed E-state index contributed by atoms with van der Waals surface area (Å²) >= 11 is 0. The Balaban J connectivity index is 5.47. The Morgan fingerprint density at radius 1 is 0.710 bits per heavy atom. The zero-order valence-corrected chi connectivity index (χ0v) is 20.6. The highest BCUT2D eigenvalue weighted by Gasteiger charge is 2.30. The summed E-state index contributed by atoms with van der Waals surface area (Å²) in [6, 6.07) is 0. The number of hydrogen-bond donors (Lipinski definition) is 2. The molecule has 0 aromatic heterocycles. The molecular formula is C22H44N2O7. The molecule has 0 aliphatic carbocycles. The minimum absolute atomic E-state index is 0.0207. The van der Waals surface area contributed by atoms with Crippen LogP contribution in [0.3, 0.4) is 0 Å². The largest absolute Gasteiger partial charge is 0.442 e. The maximum absolute atomic E-state index is 12.7. The van der Waals surface area contributed by atoms with E-state index in [-0.39, 0.29) is 25.9 Å². The third-order valence-electron chi connectivity index (χ3n) is 3.97. The number of hydroxylamine groups is 4. The molecule has 0 aliphatic rings. The van der Waals surface area contributed by atoms with Crippen molar-refractivity contribution >= 4 is 12.2 Å². The Morgan fingerprint density at radius 2 is 1.03 bits per heavy atom. The van der Waals surface area contributed by atoms with E-state index in [4.69, 9.17) is 14.4 Å². The van der Waals surface area contributed by atoms with Gasteiger partial charge in [0.05, 0.1) is 25.3 Å². The van der Waals surface area contributed by atoms with Crippen molar-refractivity contribution in [3.8, 4) is 0 Å². The molecule has 9 heteroatoms. The summed E-state index contributed by atoms with van der Waals surface area (Å²) < 4.78 is 10.8. The lowest BCUT2D eigenvalue weighted by Gasteiger charge is -2.32. The van der Waals surface area contributed by atoms with Crippen molar-refractivity contribution in [2.45, 2.75) is 117 Å². The van der Waals surface area contributed by atoms with E-state index in [2.05, 4.69) is 0 Å². The highest BCUT2D eigenvalue weighted by Crippen LogP contribution is 2.16. The maximum Gasteiger partial charge on any atom is 0.436 e. The number of hydrogen-bond acceptors (Lipinski definition) is 7. The molecule has 0 aliphatic heterocycles. The first-order valence-electron chi connectivity index (χ1n) is 11.2. The molecule has 0 bridgehead atoms. The summed E-state index contributed by atoms with van der Waals surface area (Å²) in [6.07, 6.45) is 0.503. The average molecular weight is 449 g/mol. The second kappa shape index (κ2) is 13.8. The first-order valence-corrected chi connectivity index (χ1v) is 11.2. The number of aliphatic hydroxyl groups excluding tert-OH is 2. The number of ether oxygens (including phenoxy) is 2. The summed E-state index contributed by atoms with van der Waals surface area (Å²) in [6.45, 7) is 14.3. The predicted molar refractivity (Wildman–Crippen MR) is 118 cm³/mol. The first-order chi connectivity index (χ1) is 14.2. The van der Waals surface area contributed by atoms with Crippen molar-refractivity contribution in [2.75, 3.05) is 13.1 Å². The minimum atomic E-state index is -0.779. The van der Waals surface area contributed by atoms with E-state index >= 15 is 0 Å². The highest BCUT2D eigenvalue weighted by atomic mass is 16.9. The van der Waals surface area contributed by atoms with Gasteiger partial charge in [-0.1, -0.05) is 26.7 Å². The number of carbonyl (C=O) groups excluding carboxylic acids is 2. The van der Waals surface area contributed by atoms with Crippen LogP contribution in [0.1, 0.15) is 93.9 Å². The molecule has 0 radical (unpaired) electrons. The summed E-state index contributed by atoms with van der Waals surface area (Å²) in [5.74, 6) is 0. The normalized spacial score (nSPS) is 14.0. The molecule has 2 atom stereocenters. The number of nitrogens with zero attached hydrogens (tertiary/aromatic N) is 2. The predicted octanol–water partition coefficient (Wildman–Crippen LogP) is 4.41. The fourth-order valence-electron chi connectivity index (χ4n) is 2.56. The average Bonchev–Trinajstić information content (AvgIpc) is 2.58. The topological polar surface area (TPSA) is 109 Å². The zero-order valence-electron chi connectivity index (χ0n) is 20.6. The standard InChI is InChI=1S/C22H44N2O7/c1-9-11-17(25)13-15-23(19(27)29-21(3,4)5)31-24(16-14-18(26)12-10-2)20(28)30-22(6,7)8/h17-18,25-26H,9-16H2,1-8H3. The van der Waals surface area contributed by atoms with Gasteiger partial charge < -0.3 is 19.7 Å². The van der Waals surface area contributed by atoms with E-state index in [1.54, 1.807) is 41.5 Å². The summed E-state index contributed by atoms with van der Waals surface area (Å²) in [5, 5.41) is 22.0. The monoisotopic (exact) mass is 448 g/mol. The molecule has 0 heterocycles. The summed E-state index contributed by atoms with van der Waals surface area (Å²) in [4.78, 5) is 31.0. The molecule has 0 spiro atoms. The van der Waals surface area contributed by atoms with Gasteiger partial charge in [0.2, 0.25) is 0 Å². The second-order valence-corrected chi connectivity index (χ2v) is 9.71. The fraction of sp³-hybridized carbons (Fsp3) is 0.909. The van der Waals surface area contributed by atoms with Crippen LogP contribution < -0.4 is 0 Å². The van der Waals surface area contributed by atoms with Crippen LogP contribution in [0.5, 0.6) is 0 Å². The quantitative estimate of drug-likeness (QED) is 0.426. The number of amides is 2. The van der Waals surface area contributed by atoms with Gasteiger partial charge in [-0.3, -0.25) is 0 Å². The molecule has 184 valence electrons. The Kier molecular flexibility index (Phi) is 13.0. The molecular weight excluding hydrogens is 404 g/mol. The van der Waals surface area contributed by atoms with Crippen molar-refractivity contribution in [1.82, 2.24) is 10.1 Å². The fourth-order valence-corrected chi connectivity index (χ4v) is 2.56. The molecule has 0 aromatic rings. The van der Waals surface area contributed by atoms with E-state index in [0.717, 1.165) is 23.0 Å². The van der Waals surface area contributed by atoms with Crippen molar-refractivity contribution < 1.29 is 34.2 Å². The van der Waals surface area contributed by atoms with Crippen LogP contribution in [0.2, 0.25) is 0 Å². The number of rotatable bonds is 12. The van der Waals surface area contributed by atoms with Crippen molar-refractivity contribution in [1.29, 1.82) is 0 Å². The molecule has 2 amide bonds. The third-order valence-corrected chi connectivity index (χ3v) is 3.97. The van der Waals surface area contributed by atoms with Crippen LogP contribution in [0.15, 0.2) is 0 Å². The van der Waals surface area contributed by atoms with Crippen molar-refractivity contribution in [2.24, 2.45) is 0 Å². The molecule has 31 heavy (non-hydrogen) atoms.